The second-order valence-corrected chi connectivity index (χ2v) is 11.3. The molecule has 1 N–H and O–H groups in total. The predicted octanol–water partition coefficient (Wildman–Crippen LogP) is 1.60. The Morgan fingerprint density at radius 1 is 1.17 bits per heavy atom. The molecule has 9 heteroatoms. The van der Waals surface area contributed by atoms with E-state index in [0.717, 1.165) is 17.5 Å². The lowest BCUT2D eigenvalue weighted by Crippen LogP contribution is -2.33. The lowest BCUT2D eigenvalue weighted by Gasteiger charge is -2.23. The summed E-state index contributed by atoms with van der Waals surface area (Å²) in [5, 5.41) is 4.28. The van der Waals surface area contributed by atoms with Crippen molar-refractivity contribution in [2.75, 3.05) is 24.7 Å². The zero-order chi connectivity index (χ0) is 20.0. The lowest BCUT2D eigenvalue weighted by atomic mass is 10.00. The summed E-state index contributed by atoms with van der Waals surface area (Å²) in [6, 6.07) is 3.89. The van der Waals surface area contributed by atoms with E-state index in [1.165, 1.54) is 31.9 Å². The number of fused-ring (bicyclic) bond motifs is 2. The summed E-state index contributed by atoms with van der Waals surface area (Å²) < 4.78 is 26.9. The Morgan fingerprint density at radius 3 is 2.62 bits per heavy atom. The van der Waals surface area contributed by atoms with E-state index in [1.807, 2.05) is 10.6 Å². The predicted molar refractivity (Wildman–Crippen MR) is 109 cm³/mol. The van der Waals surface area contributed by atoms with Gasteiger partial charge in [-0.1, -0.05) is 6.42 Å². The van der Waals surface area contributed by atoms with Gasteiger partial charge in [0, 0.05) is 42.8 Å². The van der Waals surface area contributed by atoms with Gasteiger partial charge in [0.25, 0.3) is 5.56 Å². The van der Waals surface area contributed by atoms with Crippen LogP contribution >= 0.6 is 0 Å². The van der Waals surface area contributed by atoms with Gasteiger partial charge < -0.3 is 5.32 Å². The van der Waals surface area contributed by atoms with Crippen LogP contribution in [-0.4, -0.2) is 52.6 Å². The zero-order valence-electron chi connectivity index (χ0n) is 16.4. The van der Waals surface area contributed by atoms with Crippen molar-refractivity contribution in [2.45, 2.75) is 44.2 Å². The first kappa shape index (κ1) is 17.8. The van der Waals surface area contributed by atoms with Crippen LogP contribution in [0.4, 0.5) is 5.95 Å². The second kappa shape index (κ2) is 5.78. The van der Waals surface area contributed by atoms with Gasteiger partial charge in [-0.3, -0.25) is 9.36 Å². The highest BCUT2D eigenvalue weighted by Crippen LogP contribution is 2.63. The number of piperidine rings is 1. The minimum atomic E-state index is -3.12. The van der Waals surface area contributed by atoms with E-state index in [0.29, 0.717) is 36.3 Å². The average Bonchev–Trinajstić information content (AvgIpc) is 3.44. The number of hydrogen-bond donors (Lipinski definition) is 1. The fourth-order valence-corrected chi connectivity index (χ4v) is 6.68. The maximum atomic E-state index is 12.8. The first-order valence-electron chi connectivity index (χ1n) is 10.5. The molecule has 154 valence electrons. The number of rotatable bonds is 4. The molecular weight excluding hydrogens is 390 g/mol. The number of aromatic nitrogens is 3. The molecule has 0 aromatic carbocycles. The van der Waals surface area contributed by atoms with Gasteiger partial charge in [-0.05, 0) is 49.0 Å². The van der Waals surface area contributed by atoms with Gasteiger partial charge in [0.1, 0.15) is 5.65 Å². The number of sulfonamides is 1. The molecule has 0 radical (unpaired) electrons. The van der Waals surface area contributed by atoms with Crippen LogP contribution in [0.1, 0.15) is 38.1 Å². The molecule has 2 aromatic rings. The molecule has 1 spiro atoms. The number of nitrogens with one attached hydrogen (secondary N) is 1. The minimum Gasteiger partial charge on any atom is -0.351 e. The van der Waals surface area contributed by atoms with Crippen molar-refractivity contribution in [1.29, 1.82) is 0 Å². The van der Waals surface area contributed by atoms with Crippen LogP contribution in [0.2, 0.25) is 0 Å². The fraction of sp³-hybridized carbons (Fsp3) is 0.650. The van der Waals surface area contributed by atoms with Crippen molar-refractivity contribution in [2.24, 2.45) is 17.3 Å². The highest BCUT2D eigenvalue weighted by Gasteiger charge is 2.58. The summed E-state index contributed by atoms with van der Waals surface area (Å²) in [6.07, 6.45) is 8.89. The highest BCUT2D eigenvalue weighted by atomic mass is 32.2. The molecule has 4 atom stereocenters. The van der Waals surface area contributed by atoms with Crippen molar-refractivity contribution in [3.05, 3.63) is 28.7 Å². The van der Waals surface area contributed by atoms with Crippen molar-refractivity contribution >= 4 is 27.0 Å². The molecule has 0 amide bonds. The quantitative estimate of drug-likeness (QED) is 0.815. The second-order valence-electron chi connectivity index (χ2n) is 9.36. The molecule has 4 fully saturated rings. The summed E-state index contributed by atoms with van der Waals surface area (Å²) in [5.74, 6) is 1.16. The monoisotopic (exact) mass is 415 g/mol. The van der Waals surface area contributed by atoms with Gasteiger partial charge in [0.2, 0.25) is 16.0 Å². The molecule has 3 saturated carbocycles. The Hall–Kier alpha value is -2.00. The third-order valence-electron chi connectivity index (χ3n) is 7.66. The van der Waals surface area contributed by atoms with Crippen LogP contribution < -0.4 is 10.9 Å². The van der Waals surface area contributed by atoms with Gasteiger partial charge >= 0.3 is 0 Å². The SMILES string of the molecule is CS(=O)(=O)N1C[C@@H]2C(Nc3ncc4ccc(=O)n([C@H]5CCCC56CC6)c4n3)[C@@H]2C1. The Labute approximate surface area is 169 Å². The molecule has 2 aromatic heterocycles. The maximum Gasteiger partial charge on any atom is 0.252 e. The minimum absolute atomic E-state index is 0.0208. The van der Waals surface area contributed by atoms with E-state index in [9.17, 15) is 13.2 Å². The third-order valence-corrected chi connectivity index (χ3v) is 8.89. The summed E-state index contributed by atoms with van der Waals surface area (Å²) in [7, 11) is -3.12. The smallest absolute Gasteiger partial charge is 0.252 e. The number of anilines is 1. The van der Waals surface area contributed by atoms with Gasteiger partial charge in [-0.2, -0.15) is 4.98 Å². The zero-order valence-corrected chi connectivity index (χ0v) is 17.2. The number of hydrogen-bond acceptors (Lipinski definition) is 6. The average molecular weight is 416 g/mol. The standard InChI is InChI=1S/C20H25N5O3S/c1-29(27,28)24-10-13-14(11-24)17(13)22-19-21-9-12-4-5-16(26)25(18(12)23-19)15-3-2-6-20(15)7-8-20/h4-5,9,13-15,17H,2-3,6-8,10-11H2,1H3,(H,21,22,23)/t13-,14+,15-,17?/m0/s1. The fourth-order valence-electron chi connectivity index (χ4n) is 5.80. The van der Waals surface area contributed by atoms with Gasteiger partial charge in [-0.15, -0.1) is 0 Å². The van der Waals surface area contributed by atoms with E-state index >= 15 is 0 Å². The summed E-state index contributed by atoms with van der Waals surface area (Å²) >= 11 is 0. The van der Waals surface area contributed by atoms with Gasteiger partial charge in [-0.25, -0.2) is 17.7 Å². The molecule has 4 aliphatic rings. The van der Waals surface area contributed by atoms with E-state index < -0.39 is 10.0 Å². The topological polar surface area (TPSA) is 97.2 Å². The first-order valence-corrected chi connectivity index (χ1v) is 12.3. The molecule has 1 aliphatic heterocycles. The summed E-state index contributed by atoms with van der Waals surface area (Å²) in [5.41, 5.74) is 1.04. The molecule has 6 rings (SSSR count). The normalized spacial score (nSPS) is 32.6. The van der Waals surface area contributed by atoms with Crippen molar-refractivity contribution in [1.82, 2.24) is 18.8 Å². The largest absolute Gasteiger partial charge is 0.351 e. The lowest BCUT2D eigenvalue weighted by molar-refractivity contribution is 0.358. The summed E-state index contributed by atoms with van der Waals surface area (Å²) in [4.78, 5) is 22.0. The van der Waals surface area contributed by atoms with Crippen LogP contribution in [0, 0.1) is 17.3 Å². The molecule has 8 nitrogen and oxygen atoms in total. The van der Waals surface area contributed by atoms with Crippen LogP contribution in [0.5, 0.6) is 0 Å². The van der Waals surface area contributed by atoms with E-state index in [2.05, 4.69) is 10.3 Å². The molecular formula is C20H25N5O3S. The van der Waals surface area contributed by atoms with E-state index in [4.69, 9.17) is 4.98 Å². The Kier molecular flexibility index (Phi) is 3.56. The molecule has 0 bridgehead atoms. The Morgan fingerprint density at radius 2 is 1.93 bits per heavy atom. The number of nitrogens with zero attached hydrogens (tertiary/aromatic N) is 4. The third kappa shape index (κ3) is 2.73. The molecule has 3 aliphatic carbocycles. The molecule has 1 saturated heterocycles. The van der Waals surface area contributed by atoms with E-state index in [1.54, 1.807) is 16.6 Å². The Balaban J connectivity index is 1.29. The van der Waals surface area contributed by atoms with Crippen LogP contribution in [-0.2, 0) is 10.0 Å². The molecule has 29 heavy (non-hydrogen) atoms. The van der Waals surface area contributed by atoms with Crippen molar-refractivity contribution in [3.8, 4) is 0 Å². The van der Waals surface area contributed by atoms with Crippen LogP contribution in [0.25, 0.3) is 11.0 Å². The highest BCUT2D eigenvalue weighted by molar-refractivity contribution is 7.88. The number of pyridine rings is 1. The van der Waals surface area contributed by atoms with Crippen LogP contribution in [0.15, 0.2) is 23.1 Å². The van der Waals surface area contributed by atoms with Crippen LogP contribution in [0.3, 0.4) is 0 Å². The van der Waals surface area contributed by atoms with Crippen molar-refractivity contribution < 1.29 is 8.42 Å². The maximum absolute atomic E-state index is 12.8. The first-order chi connectivity index (χ1) is 13.9. The van der Waals surface area contributed by atoms with Gasteiger partial charge in [0.05, 0.1) is 6.26 Å². The Bertz CT molecular complexity index is 1160. The molecule has 1 unspecified atom stereocenters. The molecule has 3 heterocycles. The van der Waals surface area contributed by atoms with Gasteiger partial charge in [0.15, 0.2) is 0 Å². The van der Waals surface area contributed by atoms with Crippen molar-refractivity contribution in [3.63, 3.8) is 0 Å². The summed E-state index contributed by atoms with van der Waals surface area (Å²) in [6.45, 7) is 1.12. The van der Waals surface area contributed by atoms with E-state index in [-0.39, 0.29) is 17.6 Å².